The second-order valence-electron chi connectivity index (χ2n) is 4.11. The molecule has 2 bridgehead atoms. The van der Waals surface area contributed by atoms with E-state index in [0.29, 0.717) is 22.3 Å². The van der Waals surface area contributed by atoms with Crippen LogP contribution in [0.4, 0.5) is 5.69 Å². The van der Waals surface area contributed by atoms with Crippen molar-refractivity contribution >= 4 is 28.9 Å². The lowest BCUT2D eigenvalue weighted by Gasteiger charge is -2.29. The van der Waals surface area contributed by atoms with E-state index >= 15 is 0 Å². The average molecular weight is 244 g/mol. The maximum absolute atomic E-state index is 5.96. The number of hydrogen-bond acceptors (Lipinski definition) is 3. The molecule has 1 aromatic heterocycles. The molecule has 2 atom stereocenters. The van der Waals surface area contributed by atoms with E-state index < -0.39 is 0 Å². The second-order valence-corrected chi connectivity index (χ2v) is 4.88. The minimum atomic E-state index is 0.378. The van der Waals surface area contributed by atoms with Gasteiger partial charge >= 0.3 is 0 Å². The first kappa shape index (κ1) is 9.70. The van der Waals surface area contributed by atoms with Crippen LogP contribution in [0.15, 0.2) is 12.3 Å². The van der Waals surface area contributed by atoms with Crippen LogP contribution in [0.3, 0.4) is 0 Å². The van der Waals surface area contributed by atoms with Crippen molar-refractivity contribution in [3.8, 4) is 0 Å². The van der Waals surface area contributed by atoms with Crippen molar-refractivity contribution in [1.82, 2.24) is 10.3 Å². The molecule has 0 unspecified atom stereocenters. The molecule has 2 fully saturated rings. The molecule has 3 rings (SSSR count). The van der Waals surface area contributed by atoms with Crippen LogP contribution in [0.25, 0.3) is 0 Å². The molecule has 2 aliphatic rings. The molecule has 1 N–H and O–H groups in total. The van der Waals surface area contributed by atoms with Gasteiger partial charge in [-0.05, 0) is 12.5 Å². The van der Waals surface area contributed by atoms with Gasteiger partial charge in [0.2, 0.25) is 0 Å². The molecule has 0 saturated carbocycles. The van der Waals surface area contributed by atoms with Crippen LogP contribution in [0.2, 0.25) is 10.2 Å². The molecular weight excluding hydrogens is 233 g/mol. The number of nitrogens with one attached hydrogen (secondary N) is 1. The van der Waals surface area contributed by atoms with Crippen LogP contribution in [0, 0.1) is 0 Å². The van der Waals surface area contributed by atoms with Gasteiger partial charge in [0.1, 0.15) is 5.15 Å². The summed E-state index contributed by atoms with van der Waals surface area (Å²) in [5, 5.41) is 4.37. The number of nitrogens with zero attached hydrogens (tertiary/aromatic N) is 2. The summed E-state index contributed by atoms with van der Waals surface area (Å²) in [5.41, 5.74) is 1.08. The highest BCUT2D eigenvalue weighted by Gasteiger charge is 2.37. The summed E-state index contributed by atoms with van der Waals surface area (Å²) in [5.74, 6) is 0. The van der Waals surface area contributed by atoms with Gasteiger partial charge in [0.15, 0.2) is 0 Å². The molecule has 0 aromatic carbocycles. The fourth-order valence-corrected chi connectivity index (χ4v) is 2.71. The van der Waals surface area contributed by atoms with Crippen LogP contribution in [0.5, 0.6) is 0 Å². The summed E-state index contributed by atoms with van der Waals surface area (Å²) in [7, 11) is 0. The van der Waals surface area contributed by atoms with Crippen LogP contribution in [-0.2, 0) is 0 Å². The third-order valence-corrected chi connectivity index (χ3v) is 3.86. The largest absolute Gasteiger partial charge is 0.364 e. The molecule has 15 heavy (non-hydrogen) atoms. The molecule has 1 aromatic rings. The number of rotatable bonds is 1. The number of pyridine rings is 1. The van der Waals surface area contributed by atoms with Crippen molar-refractivity contribution in [3.05, 3.63) is 22.4 Å². The van der Waals surface area contributed by atoms with Crippen LogP contribution < -0.4 is 10.2 Å². The smallest absolute Gasteiger partial charge is 0.147 e. The molecule has 80 valence electrons. The first-order valence-electron chi connectivity index (χ1n) is 5.05. The van der Waals surface area contributed by atoms with Gasteiger partial charge in [-0.1, -0.05) is 23.2 Å². The minimum Gasteiger partial charge on any atom is -0.364 e. The monoisotopic (exact) mass is 243 g/mol. The predicted molar refractivity (Wildman–Crippen MR) is 61.8 cm³/mol. The molecule has 2 saturated heterocycles. The minimum absolute atomic E-state index is 0.378. The number of hydrogen-bond donors (Lipinski definition) is 1. The number of aromatic nitrogens is 1. The highest BCUT2D eigenvalue weighted by atomic mass is 35.5. The maximum atomic E-state index is 5.96. The van der Waals surface area contributed by atoms with Gasteiger partial charge < -0.3 is 10.2 Å². The lowest BCUT2D eigenvalue weighted by atomic mass is 10.2. The Morgan fingerprint density at radius 1 is 1.47 bits per heavy atom. The first-order valence-corrected chi connectivity index (χ1v) is 5.80. The van der Waals surface area contributed by atoms with Gasteiger partial charge in [0.05, 0.1) is 16.9 Å². The van der Waals surface area contributed by atoms with Gasteiger partial charge in [0, 0.05) is 25.2 Å². The molecule has 2 aliphatic heterocycles. The van der Waals surface area contributed by atoms with Crippen LogP contribution >= 0.6 is 23.2 Å². The van der Waals surface area contributed by atoms with Crippen molar-refractivity contribution in [2.75, 3.05) is 18.0 Å². The molecular formula is C10H11Cl2N3. The number of anilines is 1. The van der Waals surface area contributed by atoms with Gasteiger partial charge in [-0.3, -0.25) is 0 Å². The van der Waals surface area contributed by atoms with Crippen molar-refractivity contribution in [2.24, 2.45) is 0 Å². The van der Waals surface area contributed by atoms with Gasteiger partial charge in [-0.2, -0.15) is 0 Å². The van der Waals surface area contributed by atoms with E-state index in [1.54, 1.807) is 6.20 Å². The third kappa shape index (κ3) is 1.59. The lowest BCUT2D eigenvalue weighted by Crippen LogP contribution is -2.43. The Morgan fingerprint density at radius 2 is 2.33 bits per heavy atom. The summed E-state index contributed by atoms with van der Waals surface area (Å²) >= 11 is 11.8. The second kappa shape index (κ2) is 3.51. The van der Waals surface area contributed by atoms with Gasteiger partial charge in [-0.15, -0.1) is 0 Å². The SMILES string of the molecule is Clc1cc(N2C[C@@H]3C[C@H]2CN3)cnc1Cl. The zero-order chi connectivity index (χ0) is 10.4. The summed E-state index contributed by atoms with van der Waals surface area (Å²) in [6, 6.07) is 3.12. The summed E-state index contributed by atoms with van der Waals surface area (Å²) in [6.07, 6.45) is 3.02. The van der Waals surface area contributed by atoms with Crippen molar-refractivity contribution in [1.29, 1.82) is 0 Å². The summed E-state index contributed by atoms with van der Waals surface area (Å²) in [6.45, 7) is 2.11. The van der Waals surface area contributed by atoms with Gasteiger partial charge in [0.25, 0.3) is 0 Å². The van der Waals surface area contributed by atoms with E-state index in [9.17, 15) is 0 Å². The van der Waals surface area contributed by atoms with Crippen LogP contribution in [-0.4, -0.2) is 30.2 Å². The Kier molecular flexibility index (Phi) is 2.27. The average Bonchev–Trinajstić information content (AvgIpc) is 2.83. The Balaban J connectivity index is 1.90. The van der Waals surface area contributed by atoms with Crippen LogP contribution in [0.1, 0.15) is 6.42 Å². The van der Waals surface area contributed by atoms with E-state index in [0.717, 1.165) is 18.8 Å². The quantitative estimate of drug-likeness (QED) is 0.765. The Labute approximate surface area is 98.4 Å². The molecule has 0 spiro atoms. The Morgan fingerprint density at radius 3 is 2.93 bits per heavy atom. The predicted octanol–water partition coefficient (Wildman–Crippen LogP) is 1.94. The molecule has 0 aliphatic carbocycles. The van der Waals surface area contributed by atoms with Gasteiger partial charge in [-0.25, -0.2) is 4.98 Å². The van der Waals surface area contributed by atoms with Crippen molar-refractivity contribution < 1.29 is 0 Å². The van der Waals surface area contributed by atoms with E-state index in [1.807, 2.05) is 6.07 Å². The molecule has 3 nitrogen and oxygen atoms in total. The lowest BCUT2D eigenvalue weighted by molar-refractivity contribution is 0.579. The summed E-state index contributed by atoms with van der Waals surface area (Å²) in [4.78, 5) is 6.44. The normalized spacial score (nSPS) is 28.8. The zero-order valence-electron chi connectivity index (χ0n) is 8.08. The molecule has 0 radical (unpaired) electrons. The Bertz CT molecular complexity index is 396. The highest BCUT2D eigenvalue weighted by Crippen LogP contribution is 2.31. The molecule has 3 heterocycles. The summed E-state index contributed by atoms with van der Waals surface area (Å²) < 4.78 is 0. The fraction of sp³-hybridized carbons (Fsp3) is 0.500. The zero-order valence-corrected chi connectivity index (χ0v) is 9.59. The molecule has 0 amide bonds. The molecule has 5 heteroatoms. The van der Waals surface area contributed by atoms with Crippen molar-refractivity contribution in [2.45, 2.75) is 18.5 Å². The van der Waals surface area contributed by atoms with E-state index in [2.05, 4.69) is 15.2 Å². The number of fused-ring (bicyclic) bond motifs is 2. The highest BCUT2D eigenvalue weighted by molar-refractivity contribution is 6.41. The van der Waals surface area contributed by atoms with E-state index in [4.69, 9.17) is 23.2 Å². The van der Waals surface area contributed by atoms with E-state index in [1.165, 1.54) is 6.42 Å². The van der Waals surface area contributed by atoms with E-state index in [-0.39, 0.29) is 0 Å². The topological polar surface area (TPSA) is 28.2 Å². The number of piperazine rings is 1. The fourth-order valence-electron chi connectivity index (χ4n) is 2.45. The maximum Gasteiger partial charge on any atom is 0.147 e. The Hall–Kier alpha value is -0.510. The first-order chi connectivity index (χ1) is 7.24. The number of halogens is 2. The standard InChI is InChI=1S/C10H11Cl2N3/c11-9-2-8(4-14-10(9)12)15-5-6-1-7(15)3-13-6/h2,4,6-7,13H,1,3,5H2/t6-,7-/m0/s1. The van der Waals surface area contributed by atoms with Crippen molar-refractivity contribution in [3.63, 3.8) is 0 Å². The third-order valence-electron chi connectivity index (χ3n) is 3.17.